The van der Waals surface area contributed by atoms with E-state index in [1.807, 2.05) is 24.3 Å². The molecule has 0 bridgehead atoms. The van der Waals surface area contributed by atoms with E-state index in [1.165, 1.54) is 23.9 Å². The Balaban J connectivity index is 1.44. The molecule has 0 saturated carbocycles. The van der Waals surface area contributed by atoms with Gasteiger partial charge in [-0.05, 0) is 24.3 Å². The molecule has 0 spiro atoms. The van der Waals surface area contributed by atoms with E-state index < -0.39 is 5.91 Å². The zero-order chi connectivity index (χ0) is 22.1. The van der Waals surface area contributed by atoms with E-state index in [2.05, 4.69) is 20.3 Å². The third-order valence-electron chi connectivity index (χ3n) is 4.67. The molecule has 0 unspecified atom stereocenters. The van der Waals surface area contributed by atoms with E-state index in [-0.39, 0.29) is 5.76 Å². The normalized spacial score (nSPS) is 10.9. The second-order valence-corrected chi connectivity index (χ2v) is 7.63. The van der Waals surface area contributed by atoms with Crippen LogP contribution in [0.3, 0.4) is 0 Å². The van der Waals surface area contributed by atoms with Crippen molar-refractivity contribution < 1.29 is 23.4 Å². The fourth-order valence-electron chi connectivity index (χ4n) is 3.17. The molecule has 0 aliphatic rings. The molecule has 3 heterocycles. The van der Waals surface area contributed by atoms with Gasteiger partial charge >= 0.3 is 0 Å². The number of nitrogens with zero attached hydrogens (tertiary/aromatic N) is 3. The van der Waals surface area contributed by atoms with Gasteiger partial charge in [0.05, 0.1) is 36.1 Å². The van der Waals surface area contributed by atoms with E-state index in [0.717, 1.165) is 21.1 Å². The van der Waals surface area contributed by atoms with Gasteiger partial charge in [0, 0.05) is 23.7 Å². The summed E-state index contributed by atoms with van der Waals surface area (Å²) in [6.45, 7) is 0. The van der Waals surface area contributed by atoms with Gasteiger partial charge in [0.25, 0.3) is 5.91 Å². The van der Waals surface area contributed by atoms with Crippen LogP contribution in [0.15, 0.2) is 59.6 Å². The summed E-state index contributed by atoms with van der Waals surface area (Å²) in [7, 11) is 3.16. The smallest absolute Gasteiger partial charge is 0.294 e. The molecule has 0 saturated heterocycles. The van der Waals surface area contributed by atoms with Gasteiger partial charge in [0.15, 0.2) is 23.0 Å². The summed E-state index contributed by atoms with van der Waals surface area (Å²) in [6.07, 6.45) is 4.22. The maximum atomic E-state index is 12.2. The van der Waals surface area contributed by atoms with Crippen molar-refractivity contribution in [1.29, 1.82) is 0 Å². The van der Waals surface area contributed by atoms with Crippen molar-refractivity contribution >= 4 is 43.5 Å². The standard InChI is InChI=1S/C22H16N4O5S/c1-28-17-8-13-15(9-18(17)29-2)24-6-5-16(13)31-12-3-4-14-20(7-12)32-22(25-14)26-21(27)19-10-23-11-30-19/h3-11H,1-2H3,(H,25,26,27). The maximum Gasteiger partial charge on any atom is 0.294 e. The lowest BCUT2D eigenvalue weighted by molar-refractivity contribution is 0.0996. The van der Waals surface area contributed by atoms with Gasteiger partial charge in [-0.25, -0.2) is 9.97 Å². The number of pyridine rings is 1. The lowest BCUT2D eigenvalue weighted by Gasteiger charge is -2.12. The number of rotatable bonds is 6. The number of anilines is 1. The quantitative estimate of drug-likeness (QED) is 0.391. The summed E-state index contributed by atoms with van der Waals surface area (Å²) in [5.41, 5.74) is 1.46. The molecule has 1 amide bonds. The second-order valence-electron chi connectivity index (χ2n) is 6.60. The number of carbonyl (C=O) groups excluding carboxylic acids is 1. The highest BCUT2D eigenvalue weighted by Gasteiger charge is 2.14. The van der Waals surface area contributed by atoms with Gasteiger partial charge in [-0.15, -0.1) is 0 Å². The molecule has 0 aliphatic carbocycles. The molecule has 32 heavy (non-hydrogen) atoms. The first-order chi connectivity index (χ1) is 15.6. The molecule has 10 heteroatoms. The minimum Gasteiger partial charge on any atom is -0.493 e. The van der Waals surface area contributed by atoms with Crippen LogP contribution in [-0.2, 0) is 0 Å². The molecule has 5 rings (SSSR count). The Bertz CT molecular complexity index is 1430. The second kappa shape index (κ2) is 8.16. The number of hydrogen-bond donors (Lipinski definition) is 1. The van der Waals surface area contributed by atoms with Crippen LogP contribution < -0.4 is 19.5 Å². The van der Waals surface area contributed by atoms with Gasteiger partial charge in [0.1, 0.15) is 11.5 Å². The Morgan fingerprint density at radius 1 is 1.03 bits per heavy atom. The van der Waals surface area contributed by atoms with Gasteiger partial charge in [-0.1, -0.05) is 11.3 Å². The van der Waals surface area contributed by atoms with Crippen molar-refractivity contribution in [3.8, 4) is 23.0 Å². The lowest BCUT2D eigenvalue weighted by atomic mass is 10.2. The van der Waals surface area contributed by atoms with Crippen molar-refractivity contribution in [3.63, 3.8) is 0 Å². The van der Waals surface area contributed by atoms with Crippen molar-refractivity contribution in [3.05, 3.63) is 60.9 Å². The van der Waals surface area contributed by atoms with Crippen LogP contribution in [0, 0.1) is 0 Å². The summed E-state index contributed by atoms with van der Waals surface area (Å²) in [5.74, 6) is 2.13. The summed E-state index contributed by atoms with van der Waals surface area (Å²) in [5, 5.41) is 3.95. The number of thiazole rings is 1. The summed E-state index contributed by atoms with van der Waals surface area (Å²) in [4.78, 5) is 24.7. The van der Waals surface area contributed by atoms with Crippen molar-refractivity contribution in [2.45, 2.75) is 0 Å². The fourth-order valence-corrected chi connectivity index (χ4v) is 4.06. The van der Waals surface area contributed by atoms with E-state index in [9.17, 15) is 4.79 Å². The largest absolute Gasteiger partial charge is 0.493 e. The van der Waals surface area contributed by atoms with E-state index in [0.29, 0.717) is 28.1 Å². The highest BCUT2D eigenvalue weighted by atomic mass is 32.1. The Labute approximate surface area is 185 Å². The number of methoxy groups -OCH3 is 2. The van der Waals surface area contributed by atoms with Gasteiger partial charge in [-0.2, -0.15) is 0 Å². The topological polar surface area (TPSA) is 109 Å². The van der Waals surface area contributed by atoms with Crippen LogP contribution >= 0.6 is 11.3 Å². The van der Waals surface area contributed by atoms with Gasteiger partial charge < -0.3 is 18.6 Å². The molecule has 9 nitrogen and oxygen atoms in total. The van der Waals surface area contributed by atoms with Crippen molar-refractivity contribution in [1.82, 2.24) is 15.0 Å². The number of fused-ring (bicyclic) bond motifs is 2. The van der Waals surface area contributed by atoms with E-state index in [4.69, 9.17) is 18.6 Å². The van der Waals surface area contributed by atoms with E-state index >= 15 is 0 Å². The van der Waals surface area contributed by atoms with Crippen LogP contribution in [0.25, 0.3) is 21.1 Å². The summed E-state index contributed by atoms with van der Waals surface area (Å²) >= 11 is 1.33. The number of carbonyl (C=O) groups is 1. The first-order valence-corrected chi connectivity index (χ1v) is 10.3. The van der Waals surface area contributed by atoms with Crippen LogP contribution in [0.1, 0.15) is 10.6 Å². The van der Waals surface area contributed by atoms with Gasteiger partial charge in [0.2, 0.25) is 5.76 Å². The summed E-state index contributed by atoms with van der Waals surface area (Å²) < 4.78 is 22.8. The number of benzene rings is 2. The highest BCUT2D eigenvalue weighted by molar-refractivity contribution is 7.22. The SMILES string of the molecule is COc1cc2nccc(Oc3ccc4nc(NC(=O)c5cnco5)sc4c3)c2cc1OC. The van der Waals surface area contributed by atoms with Crippen LogP contribution in [-0.4, -0.2) is 35.1 Å². The Morgan fingerprint density at radius 3 is 2.66 bits per heavy atom. The van der Waals surface area contributed by atoms with Crippen LogP contribution in [0.2, 0.25) is 0 Å². The molecule has 1 N–H and O–H groups in total. The molecule has 0 aliphatic heterocycles. The van der Waals surface area contributed by atoms with Crippen LogP contribution in [0.4, 0.5) is 5.13 Å². The number of oxazole rings is 1. The molecule has 0 atom stereocenters. The predicted octanol–water partition coefficient (Wildman–Crippen LogP) is 4.89. The predicted molar refractivity (Wildman–Crippen MR) is 119 cm³/mol. The third kappa shape index (κ3) is 3.67. The van der Waals surface area contributed by atoms with E-state index in [1.54, 1.807) is 32.5 Å². The molecule has 160 valence electrons. The number of nitrogens with one attached hydrogen (secondary N) is 1. The molecule has 3 aromatic heterocycles. The molecule has 2 aromatic carbocycles. The first kappa shape index (κ1) is 19.8. The Kier molecular flexibility index (Phi) is 5.04. The molecule has 0 radical (unpaired) electrons. The number of ether oxygens (including phenoxy) is 3. The fraction of sp³-hybridized carbons (Fsp3) is 0.0909. The van der Waals surface area contributed by atoms with Gasteiger partial charge in [-0.3, -0.25) is 15.1 Å². The Hall–Kier alpha value is -4.18. The molecule has 5 aromatic rings. The zero-order valence-electron chi connectivity index (χ0n) is 17.0. The molecule has 0 fully saturated rings. The van der Waals surface area contributed by atoms with Crippen molar-refractivity contribution in [2.75, 3.05) is 19.5 Å². The monoisotopic (exact) mass is 448 g/mol. The Morgan fingerprint density at radius 2 is 1.88 bits per heavy atom. The zero-order valence-corrected chi connectivity index (χ0v) is 17.8. The third-order valence-corrected chi connectivity index (χ3v) is 5.60. The maximum absolute atomic E-state index is 12.2. The average Bonchev–Trinajstić information content (AvgIpc) is 3.48. The highest BCUT2D eigenvalue weighted by Crippen LogP contribution is 2.38. The summed E-state index contributed by atoms with van der Waals surface area (Å²) in [6, 6.07) is 10.9. The minimum atomic E-state index is -0.411. The number of amides is 1. The first-order valence-electron chi connectivity index (χ1n) is 9.43. The minimum absolute atomic E-state index is 0.116. The molecular formula is C22H16N4O5S. The molecular weight excluding hydrogens is 432 g/mol. The lowest BCUT2D eigenvalue weighted by Crippen LogP contribution is -2.10. The average molecular weight is 448 g/mol. The van der Waals surface area contributed by atoms with Crippen molar-refractivity contribution in [2.24, 2.45) is 0 Å². The van der Waals surface area contributed by atoms with Crippen LogP contribution in [0.5, 0.6) is 23.0 Å². The number of aromatic nitrogens is 3. The number of hydrogen-bond acceptors (Lipinski definition) is 9.